The van der Waals surface area contributed by atoms with Crippen LogP contribution in [0.4, 0.5) is 13.2 Å². The summed E-state index contributed by atoms with van der Waals surface area (Å²) in [6.07, 6.45) is -5.08. The van der Waals surface area contributed by atoms with Gasteiger partial charge in [0.25, 0.3) is 0 Å². The standard InChI is InChI=1S/C8H11F3O2/c9-8(10,11)7(5-12)3-1-6(13)2-4-7/h12H,1-5H2. The zero-order chi connectivity index (χ0) is 10.1. The van der Waals surface area contributed by atoms with Gasteiger partial charge in [0.15, 0.2) is 0 Å². The second kappa shape index (κ2) is 3.29. The Hall–Kier alpha value is -0.580. The Morgan fingerprint density at radius 1 is 1.31 bits per heavy atom. The Morgan fingerprint density at radius 2 is 1.77 bits per heavy atom. The summed E-state index contributed by atoms with van der Waals surface area (Å²) in [4.78, 5) is 10.7. The SMILES string of the molecule is O=C1CCC(CO)(C(F)(F)F)CC1. The Labute approximate surface area is 73.7 Å². The van der Waals surface area contributed by atoms with Crippen molar-refractivity contribution >= 4 is 5.78 Å². The molecular formula is C8H11F3O2. The number of ketones is 1. The van der Waals surface area contributed by atoms with Gasteiger partial charge in [-0.3, -0.25) is 4.79 Å². The number of carbonyl (C=O) groups is 1. The van der Waals surface area contributed by atoms with Crippen LogP contribution in [0.2, 0.25) is 0 Å². The maximum absolute atomic E-state index is 12.5. The van der Waals surface area contributed by atoms with Crippen LogP contribution in [0.3, 0.4) is 0 Å². The summed E-state index contributed by atoms with van der Waals surface area (Å²) in [6, 6.07) is 0. The third-order valence-corrected chi connectivity index (χ3v) is 2.67. The highest BCUT2D eigenvalue weighted by Crippen LogP contribution is 2.47. The highest BCUT2D eigenvalue weighted by Gasteiger charge is 2.55. The first-order valence-corrected chi connectivity index (χ1v) is 4.11. The van der Waals surface area contributed by atoms with E-state index in [-0.39, 0.29) is 31.5 Å². The minimum atomic E-state index is -4.40. The van der Waals surface area contributed by atoms with E-state index in [1.807, 2.05) is 0 Å². The van der Waals surface area contributed by atoms with E-state index in [1.54, 1.807) is 0 Å². The number of Topliss-reactive ketones (excluding diaryl/α,β-unsaturated/α-hetero) is 1. The molecule has 0 aromatic carbocycles. The van der Waals surface area contributed by atoms with Crippen molar-refractivity contribution in [2.45, 2.75) is 31.9 Å². The number of aliphatic hydroxyl groups excluding tert-OH is 1. The van der Waals surface area contributed by atoms with Gasteiger partial charge < -0.3 is 5.11 Å². The summed E-state index contributed by atoms with van der Waals surface area (Å²) in [7, 11) is 0. The fourth-order valence-corrected chi connectivity index (χ4v) is 1.54. The van der Waals surface area contributed by atoms with Gasteiger partial charge in [0.05, 0.1) is 12.0 Å². The lowest BCUT2D eigenvalue weighted by atomic mass is 9.73. The van der Waals surface area contributed by atoms with E-state index < -0.39 is 18.2 Å². The molecule has 2 nitrogen and oxygen atoms in total. The Bertz CT molecular complexity index is 200. The molecule has 0 aromatic heterocycles. The maximum Gasteiger partial charge on any atom is 0.396 e. The summed E-state index contributed by atoms with van der Waals surface area (Å²) >= 11 is 0. The summed E-state index contributed by atoms with van der Waals surface area (Å²) in [6.45, 7) is -0.913. The van der Waals surface area contributed by atoms with Crippen LogP contribution >= 0.6 is 0 Å². The number of rotatable bonds is 1. The molecule has 1 aliphatic rings. The molecule has 1 fully saturated rings. The van der Waals surface area contributed by atoms with Crippen LogP contribution < -0.4 is 0 Å². The second-order valence-corrected chi connectivity index (χ2v) is 3.47. The molecule has 1 N–H and O–H groups in total. The van der Waals surface area contributed by atoms with Gasteiger partial charge >= 0.3 is 6.18 Å². The monoisotopic (exact) mass is 196 g/mol. The third-order valence-electron chi connectivity index (χ3n) is 2.67. The molecule has 0 radical (unpaired) electrons. The van der Waals surface area contributed by atoms with Gasteiger partial charge in [-0.15, -0.1) is 0 Å². The summed E-state index contributed by atoms with van der Waals surface area (Å²) in [5.41, 5.74) is -2.03. The number of hydrogen-bond donors (Lipinski definition) is 1. The summed E-state index contributed by atoms with van der Waals surface area (Å²) in [5.74, 6) is -0.145. The van der Waals surface area contributed by atoms with E-state index in [0.717, 1.165) is 0 Å². The maximum atomic E-state index is 12.5. The van der Waals surface area contributed by atoms with Gasteiger partial charge in [-0.1, -0.05) is 0 Å². The first-order chi connectivity index (χ1) is 5.91. The predicted molar refractivity (Wildman–Crippen MR) is 39.0 cm³/mol. The van der Waals surface area contributed by atoms with Crippen LogP contribution in [0.15, 0.2) is 0 Å². The molecule has 0 amide bonds. The average molecular weight is 196 g/mol. The second-order valence-electron chi connectivity index (χ2n) is 3.47. The van der Waals surface area contributed by atoms with E-state index in [2.05, 4.69) is 0 Å². The zero-order valence-electron chi connectivity index (χ0n) is 7.02. The van der Waals surface area contributed by atoms with Crippen LogP contribution in [-0.2, 0) is 4.79 Å². The van der Waals surface area contributed by atoms with Gasteiger partial charge in [0.2, 0.25) is 0 Å². The molecule has 13 heavy (non-hydrogen) atoms. The Balaban J connectivity index is 2.77. The van der Waals surface area contributed by atoms with Crippen molar-refractivity contribution in [2.75, 3.05) is 6.61 Å². The molecule has 0 unspecified atom stereocenters. The minimum Gasteiger partial charge on any atom is -0.395 e. The molecule has 1 aliphatic carbocycles. The van der Waals surface area contributed by atoms with E-state index >= 15 is 0 Å². The van der Waals surface area contributed by atoms with Crippen LogP contribution in [0.1, 0.15) is 25.7 Å². The van der Waals surface area contributed by atoms with Gasteiger partial charge in [-0.25, -0.2) is 0 Å². The van der Waals surface area contributed by atoms with Gasteiger partial charge in [-0.2, -0.15) is 13.2 Å². The van der Waals surface area contributed by atoms with Gasteiger partial charge in [-0.05, 0) is 12.8 Å². The Kier molecular flexibility index (Phi) is 2.66. The highest BCUT2D eigenvalue weighted by molar-refractivity contribution is 5.79. The van der Waals surface area contributed by atoms with Gasteiger partial charge in [0, 0.05) is 12.8 Å². The van der Waals surface area contributed by atoms with Crippen molar-refractivity contribution in [2.24, 2.45) is 5.41 Å². The molecule has 0 aromatic rings. The topological polar surface area (TPSA) is 37.3 Å². The lowest BCUT2D eigenvalue weighted by molar-refractivity contribution is -0.244. The lowest BCUT2D eigenvalue weighted by Gasteiger charge is -2.36. The smallest absolute Gasteiger partial charge is 0.395 e. The predicted octanol–water partition coefficient (Wildman–Crippen LogP) is 1.67. The normalized spacial score (nSPS) is 23.2. The quantitative estimate of drug-likeness (QED) is 0.692. The van der Waals surface area contributed by atoms with E-state index in [4.69, 9.17) is 5.11 Å². The van der Waals surface area contributed by atoms with Crippen LogP contribution in [0.5, 0.6) is 0 Å². The number of aliphatic hydroxyl groups is 1. The first kappa shape index (κ1) is 10.5. The first-order valence-electron chi connectivity index (χ1n) is 4.11. The molecule has 0 heterocycles. The van der Waals surface area contributed by atoms with Crippen LogP contribution in [-0.4, -0.2) is 23.7 Å². The molecule has 1 saturated carbocycles. The van der Waals surface area contributed by atoms with Crippen LogP contribution in [0, 0.1) is 5.41 Å². The highest BCUT2D eigenvalue weighted by atomic mass is 19.4. The number of hydrogen-bond acceptors (Lipinski definition) is 2. The zero-order valence-corrected chi connectivity index (χ0v) is 7.02. The average Bonchev–Trinajstić information content (AvgIpc) is 2.04. The van der Waals surface area contributed by atoms with E-state index in [9.17, 15) is 18.0 Å². The molecule has 0 bridgehead atoms. The van der Waals surface area contributed by atoms with E-state index in [1.165, 1.54) is 0 Å². The lowest BCUT2D eigenvalue weighted by Crippen LogP contribution is -2.44. The molecule has 5 heteroatoms. The number of alkyl halides is 3. The Morgan fingerprint density at radius 3 is 2.08 bits per heavy atom. The van der Waals surface area contributed by atoms with Crippen molar-refractivity contribution in [1.82, 2.24) is 0 Å². The minimum absolute atomic E-state index is 0.0694. The van der Waals surface area contributed by atoms with Crippen molar-refractivity contribution in [3.05, 3.63) is 0 Å². The molecule has 0 atom stereocenters. The van der Waals surface area contributed by atoms with Crippen molar-refractivity contribution in [3.8, 4) is 0 Å². The summed E-state index contributed by atoms with van der Waals surface area (Å²) in [5, 5.41) is 8.73. The summed E-state index contributed by atoms with van der Waals surface area (Å²) < 4.78 is 37.4. The van der Waals surface area contributed by atoms with E-state index in [0.29, 0.717) is 0 Å². The molecule has 1 rings (SSSR count). The fraction of sp³-hybridized carbons (Fsp3) is 0.875. The van der Waals surface area contributed by atoms with Crippen LogP contribution in [0.25, 0.3) is 0 Å². The van der Waals surface area contributed by atoms with Crippen molar-refractivity contribution in [3.63, 3.8) is 0 Å². The number of halogens is 3. The molecule has 76 valence electrons. The number of carbonyl (C=O) groups excluding carboxylic acids is 1. The molecule has 0 saturated heterocycles. The van der Waals surface area contributed by atoms with Crippen molar-refractivity contribution < 1.29 is 23.1 Å². The molecular weight excluding hydrogens is 185 g/mol. The molecule has 0 spiro atoms. The molecule has 0 aliphatic heterocycles. The fourth-order valence-electron chi connectivity index (χ4n) is 1.54. The van der Waals surface area contributed by atoms with Crippen molar-refractivity contribution in [1.29, 1.82) is 0 Å². The third kappa shape index (κ3) is 1.85. The largest absolute Gasteiger partial charge is 0.396 e. The van der Waals surface area contributed by atoms with Gasteiger partial charge in [0.1, 0.15) is 5.78 Å².